The van der Waals surface area contributed by atoms with Crippen molar-refractivity contribution in [1.82, 2.24) is 0 Å². The summed E-state index contributed by atoms with van der Waals surface area (Å²) in [5.41, 5.74) is 4.80. The van der Waals surface area contributed by atoms with Gasteiger partial charge in [0.2, 0.25) is 0 Å². The lowest BCUT2D eigenvalue weighted by atomic mass is 9.81. The molecule has 0 amide bonds. The molecular formula is C32H24O. The molecule has 1 heteroatoms. The maximum atomic E-state index is 6.82. The first-order valence-corrected chi connectivity index (χ1v) is 11.5. The lowest BCUT2D eigenvalue weighted by Crippen LogP contribution is -2.09. The fourth-order valence-corrected chi connectivity index (χ4v) is 4.97. The zero-order valence-electron chi connectivity index (χ0n) is 18.3. The molecule has 0 N–H and O–H groups in total. The van der Waals surface area contributed by atoms with E-state index in [1.165, 1.54) is 22.1 Å². The maximum Gasteiger partial charge on any atom is 0.142 e. The number of furan rings is 1. The van der Waals surface area contributed by atoms with Gasteiger partial charge in [-0.25, -0.2) is 0 Å². The van der Waals surface area contributed by atoms with E-state index in [9.17, 15) is 0 Å². The predicted molar refractivity (Wildman–Crippen MR) is 137 cm³/mol. The van der Waals surface area contributed by atoms with Crippen LogP contribution in [0.4, 0.5) is 0 Å². The Bertz CT molecular complexity index is 1450. The SMILES string of the molecule is C1=CC(c2ccccc2)C(c2oc(-c3ccccc3-c3ccccc3)c3ccccc23)C=C1. The van der Waals surface area contributed by atoms with Gasteiger partial charge in [0.25, 0.3) is 0 Å². The molecule has 6 rings (SSSR count). The number of fused-ring (bicyclic) bond motifs is 1. The van der Waals surface area contributed by atoms with Gasteiger partial charge in [-0.05, 0) is 16.7 Å². The van der Waals surface area contributed by atoms with Crippen molar-refractivity contribution >= 4 is 10.8 Å². The van der Waals surface area contributed by atoms with Gasteiger partial charge in [-0.15, -0.1) is 0 Å². The average molecular weight is 425 g/mol. The Labute approximate surface area is 194 Å². The van der Waals surface area contributed by atoms with E-state index in [-0.39, 0.29) is 11.8 Å². The highest BCUT2D eigenvalue weighted by Crippen LogP contribution is 2.46. The first-order chi connectivity index (χ1) is 16.4. The topological polar surface area (TPSA) is 13.1 Å². The lowest BCUT2D eigenvalue weighted by molar-refractivity contribution is 0.491. The number of hydrogen-bond donors (Lipinski definition) is 0. The monoisotopic (exact) mass is 424 g/mol. The largest absolute Gasteiger partial charge is 0.459 e. The number of allylic oxidation sites excluding steroid dienone is 4. The highest BCUT2D eigenvalue weighted by atomic mass is 16.3. The second-order valence-corrected chi connectivity index (χ2v) is 8.48. The quantitative estimate of drug-likeness (QED) is 0.281. The Morgan fingerprint density at radius 3 is 1.82 bits per heavy atom. The summed E-state index contributed by atoms with van der Waals surface area (Å²) in [6.45, 7) is 0. The fraction of sp³-hybridized carbons (Fsp3) is 0.0625. The predicted octanol–water partition coefficient (Wildman–Crippen LogP) is 8.76. The molecule has 1 aromatic heterocycles. The fourth-order valence-electron chi connectivity index (χ4n) is 4.97. The van der Waals surface area contributed by atoms with E-state index in [4.69, 9.17) is 4.42 Å². The first kappa shape index (κ1) is 19.6. The lowest BCUT2D eigenvalue weighted by Gasteiger charge is -2.23. The van der Waals surface area contributed by atoms with Gasteiger partial charge in [0.15, 0.2) is 0 Å². The van der Waals surface area contributed by atoms with E-state index in [2.05, 4.69) is 133 Å². The molecule has 158 valence electrons. The van der Waals surface area contributed by atoms with Crippen molar-refractivity contribution in [2.24, 2.45) is 0 Å². The van der Waals surface area contributed by atoms with Crippen LogP contribution in [0, 0.1) is 0 Å². The van der Waals surface area contributed by atoms with Gasteiger partial charge in [-0.2, -0.15) is 0 Å². The summed E-state index contributed by atoms with van der Waals surface area (Å²) in [5, 5.41) is 2.34. The Hall–Kier alpha value is -4.10. The Morgan fingerprint density at radius 2 is 1.06 bits per heavy atom. The highest BCUT2D eigenvalue weighted by Gasteiger charge is 2.28. The number of hydrogen-bond acceptors (Lipinski definition) is 1. The minimum absolute atomic E-state index is 0.139. The summed E-state index contributed by atoms with van der Waals surface area (Å²) in [7, 11) is 0. The van der Waals surface area contributed by atoms with Crippen molar-refractivity contribution in [3.8, 4) is 22.5 Å². The normalized spacial score (nSPS) is 17.5. The van der Waals surface area contributed by atoms with Crippen LogP contribution in [-0.4, -0.2) is 0 Å². The summed E-state index contributed by atoms with van der Waals surface area (Å²) in [5.74, 6) is 2.34. The van der Waals surface area contributed by atoms with Crippen LogP contribution in [0.3, 0.4) is 0 Å². The van der Waals surface area contributed by atoms with E-state index >= 15 is 0 Å². The molecule has 4 aromatic carbocycles. The van der Waals surface area contributed by atoms with Crippen LogP contribution in [-0.2, 0) is 0 Å². The Balaban J connectivity index is 1.54. The molecule has 0 aliphatic heterocycles. The second-order valence-electron chi connectivity index (χ2n) is 8.48. The van der Waals surface area contributed by atoms with Gasteiger partial charge < -0.3 is 4.42 Å². The molecule has 1 heterocycles. The number of benzene rings is 4. The van der Waals surface area contributed by atoms with Crippen LogP contribution < -0.4 is 0 Å². The zero-order chi connectivity index (χ0) is 22.0. The molecule has 0 saturated carbocycles. The van der Waals surface area contributed by atoms with Crippen molar-refractivity contribution in [2.45, 2.75) is 11.8 Å². The standard InChI is InChI=1S/C32H24O/c1-3-13-23(14-4-1)25-17-7-9-19-27(25)31-29-21-11-12-22-30(29)32(33-31)28-20-10-8-18-26(28)24-15-5-2-6-16-24/h1-22,25,27H. The van der Waals surface area contributed by atoms with Gasteiger partial charge >= 0.3 is 0 Å². The molecule has 2 atom stereocenters. The van der Waals surface area contributed by atoms with Crippen molar-refractivity contribution < 1.29 is 4.42 Å². The van der Waals surface area contributed by atoms with E-state index < -0.39 is 0 Å². The smallest absolute Gasteiger partial charge is 0.142 e. The van der Waals surface area contributed by atoms with Gasteiger partial charge in [0.1, 0.15) is 11.5 Å². The van der Waals surface area contributed by atoms with Crippen molar-refractivity contribution in [3.05, 3.63) is 145 Å². The Morgan fingerprint density at radius 1 is 0.485 bits per heavy atom. The maximum absolute atomic E-state index is 6.82. The molecule has 0 bridgehead atoms. The van der Waals surface area contributed by atoms with E-state index in [1.807, 2.05) is 0 Å². The third kappa shape index (κ3) is 3.52. The number of rotatable bonds is 4. The summed E-state index contributed by atoms with van der Waals surface area (Å²) in [6, 6.07) is 38.4. The van der Waals surface area contributed by atoms with Crippen molar-refractivity contribution in [1.29, 1.82) is 0 Å². The van der Waals surface area contributed by atoms with Gasteiger partial charge in [-0.3, -0.25) is 0 Å². The van der Waals surface area contributed by atoms with Gasteiger partial charge in [-0.1, -0.05) is 133 Å². The highest BCUT2D eigenvalue weighted by molar-refractivity contribution is 6.00. The molecular weight excluding hydrogens is 400 g/mol. The van der Waals surface area contributed by atoms with Crippen LogP contribution in [0.1, 0.15) is 23.2 Å². The molecule has 2 unspecified atom stereocenters. The molecule has 5 aromatic rings. The van der Waals surface area contributed by atoms with E-state index in [1.54, 1.807) is 0 Å². The second kappa shape index (κ2) is 8.44. The van der Waals surface area contributed by atoms with Crippen molar-refractivity contribution in [3.63, 3.8) is 0 Å². The Kier molecular flexibility index (Phi) is 5.01. The third-order valence-electron chi connectivity index (χ3n) is 6.53. The molecule has 0 spiro atoms. The molecule has 1 aliphatic carbocycles. The average Bonchev–Trinajstić information content (AvgIpc) is 3.29. The molecule has 1 aliphatic rings. The minimum Gasteiger partial charge on any atom is -0.459 e. The van der Waals surface area contributed by atoms with Crippen LogP contribution in [0.25, 0.3) is 33.2 Å². The molecule has 0 saturated heterocycles. The minimum atomic E-state index is 0.139. The van der Waals surface area contributed by atoms with Crippen molar-refractivity contribution in [2.75, 3.05) is 0 Å². The third-order valence-corrected chi connectivity index (χ3v) is 6.53. The van der Waals surface area contributed by atoms with Crippen LogP contribution in [0.5, 0.6) is 0 Å². The summed E-state index contributed by atoms with van der Waals surface area (Å²) < 4.78 is 6.82. The summed E-state index contributed by atoms with van der Waals surface area (Å²) in [6.07, 6.45) is 8.84. The summed E-state index contributed by atoms with van der Waals surface area (Å²) >= 11 is 0. The molecule has 33 heavy (non-hydrogen) atoms. The van der Waals surface area contributed by atoms with Gasteiger partial charge in [0.05, 0.1) is 0 Å². The molecule has 0 radical (unpaired) electrons. The van der Waals surface area contributed by atoms with Crippen LogP contribution in [0.15, 0.2) is 138 Å². The van der Waals surface area contributed by atoms with Crippen LogP contribution >= 0.6 is 0 Å². The molecule has 1 nitrogen and oxygen atoms in total. The van der Waals surface area contributed by atoms with E-state index in [0.29, 0.717) is 0 Å². The summed E-state index contributed by atoms with van der Waals surface area (Å²) in [4.78, 5) is 0. The first-order valence-electron chi connectivity index (χ1n) is 11.5. The van der Waals surface area contributed by atoms with Crippen LogP contribution in [0.2, 0.25) is 0 Å². The van der Waals surface area contributed by atoms with E-state index in [0.717, 1.165) is 22.5 Å². The van der Waals surface area contributed by atoms with Gasteiger partial charge in [0, 0.05) is 28.2 Å². The molecule has 0 fully saturated rings. The zero-order valence-corrected chi connectivity index (χ0v) is 18.3.